The molecule has 0 amide bonds. The molecule has 2 aliphatic carbocycles. The maximum Gasteiger partial charge on any atom is 0.251 e. The first-order valence-electron chi connectivity index (χ1n) is 3.48. The lowest BCUT2D eigenvalue weighted by Crippen LogP contribution is -1.97. The van der Waals surface area contributed by atoms with Gasteiger partial charge in [0.1, 0.15) is 6.29 Å². The Bertz CT molecular complexity index is 178. The Morgan fingerprint density at radius 2 is 2.10 bits per heavy atom. The van der Waals surface area contributed by atoms with Gasteiger partial charge in [-0.3, -0.25) is 0 Å². The predicted molar refractivity (Wildman–Crippen MR) is 30.7 cm³/mol. The normalized spacial score (nSPS) is 48.4. The minimum atomic E-state index is -2.43. The Balaban J connectivity index is 1.90. The molecule has 2 rings (SSSR count). The average molecular weight is 146 g/mol. The van der Waals surface area contributed by atoms with Crippen LogP contribution >= 0.6 is 0 Å². The van der Waals surface area contributed by atoms with E-state index in [9.17, 15) is 13.6 Å². The van der Waals surface area contributed by atoms with Crippen molar-refractivity contribution in [3.63, 3.8) is 0 Å². The SMILES string of the molecule is O=C[C@@H]1C[C@H]1[C@@H]1CC1(F)F. The Labute approximate surface area is 57.4 Å². The molecule has 0 N–H and O–H groups in total. The summed E-state index contributed by atoms with van der Waals surface area (Å²) in [6.07, 6.45) is 1.52. The van der Waals surface area contributed by atoms with Crippen molar-refractivity contribution in [1.82, 2.24) is 0 Å². The van der Waals surface area contributed by atoms with Crippen LogP contribution in [0.25, 0.3) is 0 Å². The van der Waals surface area contributed by atoms with Crippen LogP contribution in [0.15, 0.2) is 0 Å². The van der Waals surface area contributed by atoms with Crippen molar-refractivity contribution in [2.45, 2.75) is 18.8 Å². The number of rotatable bonds is 2. The summed E-state index contributed by atoms with van der Waals surface area (Å²) < 4.78 is 24.6. The van der Waals surface area contributed by atoms with Crippen LogP contribution in [0, 0.1) is 17.8 Å². The van der Waals surface area contributed by atoms with Gasteiger partial charge in [0, 0.05) is 18.3 Å². The van der Waals surface area contributed by atoms with Crippen molar-refractivity contribution in [3.05, 3.63) is 0 Å². The number of hydrogen-bond acceptors (Lipinski definition) is 1. The molecule has 0 saturated heterocycles. The third-order valence-corrected chi connectivity index (χ3v) is 2.46. The molecular formula is C7H8F2O. The molecule has 0 aromatic rings. The van der Waals surface area contributed by atoms with E-state index in [0.29, 0.717) is 6.42 Å². The zero-order valence-corrected chi connectivity index (χ0v) is 5.39. The van der Waals surface area contributed by atoms with Crippen LogP contribution < -0.4 is 0 Å². The van der Waals surface area contributed by atoms with Gasteiger partial charge in [0.25, 0.3) is 5.92 Å². The Morgan fingerprint density at radius 3 is 2.40 bits per heavy atom. The monoisotopic (exact) mass is 146 g/mol. The molecule has 0 unspecified atom stereocenters. The van der Waals surface area contributed by atoms with E-state index in [2.05, 4.69) is 0 Å². The van der Waals surface area contributed by atoms with Gasteiger partial charge in [0.2, 0.25) is 0 Å². The number of aldehydes is 1. The second-order valence-electron chi connectivity index (χ2n) is 3.27. The first-order chi connectivity index (χ1) is 4.65. The summed E-state index contributed by atoms with van der Waals surface area (Å²) in [5.41, 5.74) is 0. The highest BCUT2D eigenvalue weighted by molar-refractivity contribution is 5.58. The molecular weight excluding hydrogens is 138 g/mol. The second-order valence-corrected chi connectivity index (χ2v) is 3.27. The van der Waals surface area contributed by atoms with Crippen LogP contribution in [-0.4, -0.2) is 12.2 Å². The topological polar surface area (TPSA) is 17.1 Å². The van der Waals surface area contributed by atoms with E-state index in [-0.39, 0.29) is 18.3 Å². The molecule has 0 heterocycles. The molecule has 0 bridgehead atoms. The molecule has 0 aromatic heterocycles. The van der Waals surface area contributed by atoms with Crippen LogP contribution in [-0.2, 0) is 4.79 Å². The average Bonchev–Trinajstić information content (AvgIpc) is 2.66. The van der Waals surface area contributed by atoms with E-state index in [1.165, 1.54) is 0 Å². The Morgan fingerprint density at radius 1 is 1.50 bits per heavy atom. The van der Waals surface area contributed by atoms with Crippen molar-refractivity contribution in [3.8, 4) is 0 Å². The Hall–Kier alpha value is -0.470. The first kappa shape index (κ1) is 6.25. The van der Waals surface area contributed by atoms with Crippen molar-refractivity contribution >= 4 is 6.29 Å². The van der Waals surface area contributed by atoms with Gasteiger partial charge in [0.05, 0.1) is 0 Å². The molecule has 10 heavy (non-hydrogen) atoms. The molecule has 3 atom stereocenters. The number of alkyl halides is 2. The van der Waals surface area contributed by atoms with Gasteiger partial charge >= 0.3 is 0 Å². The molecule has 56 valence electrons. The molecule has 0 radical (unpaired) electrons. The summed E-state index contributed by atoms with van der Waals surface area (Å²) in [6, 6.07) is 0. The van der Waals surface area contributed by atoms with Crippen molar-refractivity contribution in [1.29, 1.82) is 0 Å². The summed E-state index contributed by atoms with van der Waals surface area (Å²) in [6.45, 7) is 0. The predicted octanol–water partition coefficient (Wildman–Crippen LogP) is 1.48. The molecule has 0 spiro atoms. The largest absolute Gasteiger partial charge is 0.303 e. The van der Waals surface area contributed by atoms with E-state index >= 15 is 0 Å². The molecule has 2 saturated carbocycles. The summed E-state index contributed by atoms with van der Waals surface area (Å²) in [5.74, 6) is -2.91. The van der Waals surface area contributed by atoms with Gasteiger partial charge in [-0.05, 0) is 12.3 Å². The maximum absolute atomic E-state index is 12.3. The van der Waals surface area contributed by atoms with Gasteiger partial charge in [-0.25, -0.2) is 8.78 Å². The van der Waals surface area contributed by atoms with Crippen molar-refractivity contribution in [2.75, 3.05) is 0 Å². The van der Waals surface area contributed by atoms with E-state index in [0.717, 1.165) is 6.29 Å². The minimum absolute atomic E-state index is 0.0159. The first-order valence-corrected chi connectivity index (χ1v) is 3.48. The molecule has 0 aromatic carbocycles. The van der Waals surface area contributed by atoms with E-state index in [1.807, 2.05) is 0 Å². The summed E-state index contributed by atoms with van der Waals surface area (Å²) >= 11 is 0. The number of carbonyl (C=O) groups is 1. The smallest absolute Gasteiger partial charge is 0.251 e. The highest BCUT2D eigenvalue weighted by Crippen LogP contribution is 2.62. The van der Waals surface area contributed by atoms with E-state index in [4.69, 9.17) is 0 Å². The highest BCUT2D eigenvalue weighted by atomic mass is 19.3. The summed E-state index contributed by atoms with van der Waals surface area (Å²) in [5, 5.41) is 0. The third kappa shape index (κ3) is 0.762. The van der Waals surface area contributed by atoms with Crippen molar-refractivity contribution < 1.29 is 13.6 Å². The fraction of sp³-hybridized carbons (Fsp3) is 0.857. The summed E-state index contributed by atoms with van der Waals surface area (Å²) in [7, 11) is 0. The van der Waals surface area contributed by atoms with Crippen molar-refractivity contribution in [2.24, 2.45) is 17.8 Å². The van der Waals surface area contributed by atoms with Gasteiger partial charge in [-0.1, -0.05) is 0 Å². The highest BCUT2D eigenvalue weighted by Gasteiger charge is 2.65. The van der Waals surface area contributed by atoms with Crippen LogP contribution in [0.1, 0.15) is 12.8 Å². The lowest BCUT2D eigenvalue weighted by atomic mass is 10.2. The fourth-order valence-electron chi connectivity index (χ4n) is 1.55. The third-order valence-electron chi connectivity index (χ3n) is 2.46. The Kier molecular flexibility index (Phi) is 0.984. The second kappa shape index (κ2) is 1.57. The van der Waals surface area contributed by atoms with Crippen LogP contribution in [0.3, 0.4) is 0 Å². The fourth-order valence-corrected chi connectivity index (χ4v) is 1.55. The lowest BCUT2D eigenvalue weighted by Gasteiger charge is -1.91. The summed E-state index contributed by atoms with van der Waals surface area (Å²) in [4.78, 5) is 10.1. The quantitative estimate of drug-likeness (QED) is 0.539. The number of hydrogen-bond donors (Lipinski definition) is 0. The van der Waals surface area contributed by atoms with E-state index < -0.39 is 11.8 Å². The number of halogens is 2. The molecule has 1 nitrogen and oxygen atoms in total. The zero-order chi connectivity index (χ0) is 7.35. The molecule has 2 fully saturated rings. The minimum Gasteiger partial charge on any atom is -0.303 e. The van der Waals surface area contributed by atoms with Gasteiger partial charge in [-0.15, -0.1) is 0 Å². The molecule has 2 aliphatic rings. The van der Waals surface area contributed by atoms with Crippen LogP contribution in [0.5, 0.6) is 0 Å². The van der Waals surface area contributed by atoms with Gasteiger partial charge in [-0.2, -0.15) is 0 Å². The van der Waals surface area contributed by atoms with E-state index in [1.54, 1.807) is 0 Å². The lowest BCUT2D eigenvalue weighted by molar-refractivity contribution is -0.109. The maximum atomic E-state index is 12.3. The standard InChI is InChI=1S/C7H8F2O/c8-7(9)2-6(7)5-1-4(5)3-10/h3-6H,1-2H2/t4-,5+,6-/m0/s1. The van der Waals surface area contributed by atoms with Gasteiger partial charge < -0.3 is 4.79 Å². The molecule has 3 heteroatoms. The zero-order valence-electron chi connectivity index (χ0n) is 5.39. The number of carbonyl (C=O) groups excluding carboxylic acids is 1. The van der Waals surface area contributed by atoms with Crippen LogP contribution in [0.4, 0.5) is 8.78 Å². The van der Waals surface area contributed by atoms with Crippen LogP contribution in [0.2, 0.25) is 0 Å². The van der Waals surface area contributed by atoms with Gasteiger partial charge in [0.15, 0.2) is 0 Å². The molecule has 0 aliphatic heterocycles.